The number of amides is 3. The molecule has 2 fully saturated rings. The van der Waals surface area contributed by atoms with Gasteiger partial charge in [0.2, 0.25) is 5.91 Å². The van der Waals surface area contributed by atoms with Crippen molar-refractivity contribution < 1.29 is 24.3 Å². The lowest BCUT2D eigenvalue weighted by Crippen LogP contribution is -2.53. The molecule has 0 radical (unpaired) electrons. The lowest BCUT2D eigenvalue weighted by molar-refractivity contribution is -0.138. The maximum absolute atomic E-state index is 14.1. The number of benzene rings is 3. The SMILES string of the molecule is NCc1cccc(C(=O)N[C@@H](Cc2ccc(O)cc2)C(=O)N2CCC3C2C(=O)CN3C(=O)c2csc3ccccc23)c1. The van der Waals surface area contributed by atoms with E-state index in [9.17, 15) is 24.3 Å². The Bertz CT molecular complexity index is 1680. The predicted octanol–water partition coefficient (Wildman–Crippen LogP) is 3.10. The van der Waals surface area contributed by atoms with Crippen molar-refractivity contribution in [3.63, 3.8) is 0 Å². The lowest BCUT2D eigenvalue weighted by atomic mass is 10.0. The molecule has 3 atom stereocenters. The van der Waals surface area contributed by atoms with Gasteiger partial charge in [-0.3, -0.25) is 19.2 Å². The summed E-state index contributed by atoms with van der Waals surface area (Å²) in [5.74, 6) is -1.13. The largest absolute Gasteiger partial charge is 0.508 e. The van der Waals surface area contributed by atoms with Gasteiger partial charge < -0.3 is 26.0 Å². The number of phenols is 1. The molecule has 0 aliphatic carbocycles. The van der Waals surface area contributed by atoms with Crippen LogP contribution in [0.2, 0.25) is 0 Å². The summed E-state index contributed by atoms with van der Waals surface area (Å²) in [6.45, 7) is 0.494. The van der Waals surface area contributed by atoms with Gasteiger partial charge >= 0.3 is 0 Å². The molecular weight excluding hydrogens is 552 g/mol. The molecule has 3 amide bonds. The minimum absolute atomic E-state index is 0.0665. The van der Waals surface area contributed by atoms with Crippen molar-refractivity contribution >= 4 is 44.9 Å². The Balaban J connectivity index is 1.25. The van der Waals surface area contributed by atoms with Crippen LogP contribution in [0.3, 0.4) is 0 Å². The second kappa shape index (κ2) is 11.4. The van der Waals surface area contributed by atoms with Gasteiger partial charge in [0.15, 0.2) is 5.78 Å². The summed E-state index contributed by atoms with van der Waals surface area (Å²) in [6.07, 6.45) is 0.626. The van der Waals surface area contributed by atoms with Crippen LogP contribution in [0.15, 0.2) is 78.2 Å². The average molecular weight is 583 g/mol. The number of carbonyl (C=O) groups excluding carboxylic acids is 4. The first-order valence-electron chi connectivity index (χ1n) is 13.8. The number of phenolic OH excluding ortho intramolecular Hbond substituents is 1. The van der Waals surface area contributed by atoms with Crippen LogP contribution in [-0.2, 0) is 22.6 Å². The van der Waals surface area contributed by atoms with Crippen molar-refractivity contribution in [2.24, 2.45) is 5.73 Å². The number of fused-ring (bicyclic) bond motifs is 2. The summed E-state index contributed by atoms with van der Waals surface area (Å²) in [5.41, 5.74) is 8.20. The Morgan fingerprint density at radius 2 is 1.79 bits per heavy atom. The average Bonchev–Trinajstić information content (AvgIpc) is 3.72. The van der Waals surface area contributed by atoms with Gasteiger partial charge in [0.05, 0.1) is 18.2 Å². The Morgan fingerprint density at radius 1 is 1.00 bits per heavy atom. The van der Waals surface area contributed by atoms with E-state index in [2.05, 4.69) is 5.32 Å². The quantitative estimate of drug-likeness (QED) is 0.307. The third-order valence-electron chi connectivity index (χ3n) is 8.08. The predicted molar refractivity (Wildman–Crippen MR) is 159 cm³/mol. The van der Waals surface area contributed by atoms with E-state index >= 15 is 0 Å². The molecule has 2 aliphatic heterocycles. The molecule has 3 aromatic carbocycles. The third-order valence-corrected chi connectivity index (χ3v) is 9.05. The zero-order valence-corrected chi connectivity index (χ0v) is 23.5. The Kier molecular flexibility index (Phi) is 7.49. The van der Waals surface area contributed by atoms with E-state index in [0.717, 1.165) is 21.2 Å². The highest BCUT2D eigenvalue weighted by Crippen LogP contribution is 2.34. The fourth-order valence-electron chi connectivity index (χ4n) is 5.99. The second-order valence-corrected chi connectivity index (χ2v) is 11.6. The number of rotatable bonds is 7. The van der Waals surface area contributed by atoms with E-state index in [1.807, 2.05) is 35.7 Å². The van der Waals surface area contributed by atoms with Crippen LogP contribution >= 0.6 is 11.3 Å². The van der Waals surface area contributed by atoms with Crippen LogP contribution in [0.4, 0.5) is 0 Å². The second-order valence-electron chi connectivity index (χ2n) is 10.7. The van der Waals surface area contributed by atoms with Crippen LogP contribution in [-0.4, -0.2) is 69.6 Å². The summed E-state index contributed by atoms with van der Waals surface area (Å²) < 4.78 is 0.996. The molecule has 9 nitrogen and oxygen atoms in total. The van der Waals surface area contributed by atoms with Gasteiger partial charge in [-0.25, -0.2) is 0 Å². The highest BCUT2D eigenvalue weighted by molar-refractivity contribution is 7.17. The minimum atomic E-state index is -0.972. The van der Waals surface area contributed by atoms with Crippen molar-refractivity contribution in [2.75, 3.05) is 13.1 Å². The van der Waals surface area contributed by atoms with Crippen LogP contribution in [0.25, 0.3) is 10.1 Å². The fraction of sp³-hybridized carbons (Fsp3) is 0.250. The smallest absolute Gasteiger partial charge is 0.256 e. The van der Waals surface area contributed by atoms with Crippen LogP contribution in [0, 0.1) is 0 Å². The van der Waals surface area contributed by atoms with Gasteiger partial charge in [-0.15, -0.1) is 11.3 Å². The van der Waals surface area contributed by atoms with Crippen LogP contribution in [0.5, 0.6) is 5.75 Å². The molecule has 2 saturated heterocycles. The van der Waals surface area contributed by atoms with Gasteiger partial charge in [-0.2, -0.15) is 0 Å². The zero-order valence-electron chi connectivity index (χ0n) is 22.7. The van der Waals surface area contributed by atoms with Crippen molar-refractivity contribution in [1.29, 1.82) is 0 Å². The Labute approximate surface area is 246 Å². The van der Waals surface area contributed by atoms with E-state index in [1.165, 1.54) is 28.4 Å². The van der Waals surface area contributed by atoms with Gasteiger partial charge in [0.1, 0.15) is 17.8 Å². The molecule has 1 aromatic heterocycles. The fourth-order valence-corrected chi connectivity index (χ4v) is 6.92. The van der Waals surface area contributed by atoms with Crippen LogP contribution in [0.1, 0.15) is 38.3 Å². The first-order chi connectivity index (χ1) is 20.3. The van der Waals surface area contributed by atoms with Crippen molar-refractivity contribution in [3.8, 4) is 5.75 Å². The number of Topliss-reactive ketones (excluding diaryl/α,β-unsaturated/α-hetero) is 1. The van der Waals surface area contributed by atoms with Gasteiger partial charge in [-0.1, -0.05) is 42.5 Å². The Hall–Kier alpha value is -4.54. The topological polar surface area (TPSA) is 133 Å². The summed E-state index contributed by atoms with van der Waals surface area (Å²) in [4.78, 5) is 57.4. The highest BCUT2D eigenvalue weighted by atomic mass is 32.1. The molecule has 3 heterocycles. The number of nitrogens with zero attached hydrogens (tertiary/aromatic N) is 2. The molecule has 2 aliphatic rings. The van der Waals surface area contributed by atoms with Crippen molar-refractivity contribution in [2.45, 2.75) is 37.5 Å². The number of carbonyl (C=O) groups is 4. The molecule has 0 saturated carbocycles. The normalized spacial score (nSPS) is 18.7. The zero-order chi connectivity index (χ0) is 29.4. The first-order valence-corrected chi connectivity index (χ1v) is 14.7. The molecule has 10 heteroatoms. The molecule has 6 rings (SSSR count). The van der Waals surface area contributed by atoms with Gasteiger partial charge in [0.25, 0.3) is 11.8 Å². The number of aromatic hydroxyl groups is 1. The third kappa shape index (κ3) is 5.15. The number of thiophene rings is 1. The van der Waals surface area contributed by atoms with Gasteiger partial charge in [-0.05, 0) is 47.9 Å². The van der Waals surface area contributed by atoms with E-state index in [-0.39, 0.29) is 42.9 Å². The number of ketones is 1. The Morgan fingerprint density at radius 3 is 2.57 bits per heavy atom. The molecule has 214 valence electrons. The molecule has 42 heavy (non-hydrogen) atoms. The monoisotopic (exact) mass is 582 g/mol. The molecule has 0 spiro atoms. The summed E-state index contributed by atoms with van der Waals surface area (Å²) >= 11 is 1.48. The number of hydrogen-bond acceptors (Lipinski definition) is 7. The summed E-state index contributed by atoms with van der Waals surface area (Å²) in [5, 5.41) is 15.3. The minimum Gasteiger partial charge on any atom is -0.508 e. The first kappa shape index (κ1) is 27.6. The van der Waals surface area contributed by atoms with E-state index in [4.69, 9.17) is 5.73 Å². The number of nitrogens with one attached hydrogen (secondary N) is 1. The molecule has 4 N–H and O–H groups in total. The molecule has 4 aromatic rings. The van der Waals surface area contributed by atoms with E-state index in [0.29, 0.717) is 24.1 Å². The standard InChI is InChI=1S/C32H30N4O5S/c33-16-20-4-3-5-21(14-20)30(39)34-25(15-19-8-10-22(37)11-9-19)32(41)35-13-12-26-29(35)27(38)17-36(26)31(40)24-18-42-28-7-2-1-6-23(24)28/h1-11,14,18,25-26,29,37H,12-13,15-17,33H2,(H,34,39)/t25-,26?,29?/m0/s1. The number of nitrogens with two attached hydrogens (primary N) is 1. The van der Waals surface area contributed by atoms with E-state index in [1.54, 1.807) is 35.2 Å². The highest BCUT2D eigenvalue weighted by Gasteiger charge is 2.52. The number of likely N-dealkylation sites (tertiary alicyclic amines) is 2. The summed E-state index contributed by atoms with van der Waals surface area (Å²) in [7, 11) is 0. The van der Waals surface area contributed by atoms with Gasteiger partial charge in [0, 0.05) is 40.5 Å². The summed E-state index contributed by atoms with van der Waals surface area (Å²) in [6, 6.07) is 18.8. The molecular formula is C32H30N4O5S. The van der Waals surface area contributed by atoms with Crippen molar-refractivity contribution in [3.05, 3.63) is 100 Å². The number of hydrogen-bond donors (Lipinski definition) is 3. The maximum atomic E-state index is 14.1. The maximum Gasteiger partial charge on any atom is 0.256 e. The molecule has 0 bridgehead atoms. The molecule has 2 unspecified atom stereocenters. The van der Waals surface area contributed by atoms with Crippen LogP contribution < -0.4 is 11.1 Å². The van der Waals surface area contributed by atoms with E-state index < -0.39 is 24.0 Å². The lowest BCUT2D eigenvalue weighted by Gasteiger charge is -2.28. The van der Waals surface area contributed by atoms with Crippen molar-refractivity contribution in [1.82, 2.24) is 15.1 Å².